The van der Waals surface area contributed by atoms with Crippen LogP contribution in [0.15, 0.2) is 0 Å². The number of hydrogen-bond donors (Lipinski definition) is 1. The minimum absolute atomic E-state index is 0.227. The van der Waals surface area contributed by atoms with Gasteiger partial charge in [-0.05, 0) is 31.6 Å². The van der Waals surface area contributed by atoms with Gasteiger partial charge >= 0.3 is 0 Å². The molecule has 2 aliphatic carbocycles. The molecule has 3 aliphatic rings. The Labute approximate surface area is 110 Å². The summed E-state index contributed by atoms with van der Waals surface area (Å²) in [5, 5.41) is 3.07. The van der Waals surface area contributed by atoms with Gasteiger partial charge in [0, 0.05) is 38.8 Å². The molecular weight excluding hydrogens is 226 g/mol. The smallest absolute Gasteiger partial charge is 0.234 e. The van der Waals surface area contributed by atoms with Gasteiger partial charge in [-0.1, -0.05) is 6.42 Å². The van der Waals surface area contributed by atoms with Crippen molar-refractivity contribution in [3.63, 3.8) is 0 Å². The van der Waals surface area contributed by atoms with Crippen LogP contribution in [0.25, 0.3) is 0 Å². The lowest BCUT2D eigenvalue weighted by molar-refractivity contribution is -0.122. The second-order valence-corrected chi connectivity index (χ2v) is 6.22. The maximum absolute atomic E-state index is 11.7. The summed E-state index contributed by atoms with van der Waals surface area (Å²) < 4.78 is 0. The first kappa shape index (κ1) is 12.4. The van der Waals surface area contributed by atoms with Crippen molar-refractivity contribution >= 4 is 5.91 Å². The number of carbonyl (C=O) groups excluding carboxylic acids is 1. The first-order chi connectivity index (χ1) is 8.79. The first-order valence-electron chi connectivity index (χ1n) is 7.53. The van der Waals surface area contributed by atoms with Gasteiger partial charge in [0.15, 0.2) is 0 Å². The molecule has 18 heavy (non-hydrogen) atoms. The van der Waals surface area contributed by atoms with Crippen LogP contribution in [0.2, 0.25) is 0 Å². The maximum atomic E-state index is 11.7. The van der Waals surface area contributed by atoms with E-state index < -0.39 is 0 Å². The van der Waals surface area contributed by atoms with Crippen molar-refractivity contribution < 1.29 is 4.79 Å². The Morgan fingerprint density at radius 3 is 2.22 bits per heavy atom. The quantitative estimate of drug-likeness (QED) is 0.780. The normalized spacial score (nSPS) is 26.9. The van der Waals surface area contributed by atoms with Gasteiger partial charge in [-0.15, -0.1) is 0 Å². The fourth-order valence-corrected chi connectivity index (χ4v) is 2.87. The molecule has 1 heterocycles. The number of nitrogens with one attached hydrogen (secondary N) is 1. The summed E-state index contributed by atoms with van der Waals surface area (Å²) in [6.45, 7) is 6.31. The summed E-state index contributed by atoms with van der Waals surface area (Å²) in [5.41, 5.74) is 0. The van der Waals surface area contributed by atoms with Crippen molar-refractivity contribution in [1.29, 1.82) is 0 Å². The van der Waals surface area contributed by atoms with Crippen LogP contribution in [-0.4, -0.2) is 61.0 Å². The minimum atomic E-state index is 0.227. The molecule has 102 valence electrons. The molecular formula is C14H25N3O. The van der Waals surface area contributed by atoms with Crippen LogP contribution < -0.4 is 5.32 Å². The summed E-state index contributed by atoms with van der Waals surface area (Å²) in [6, 6.07) is 0.498. The van der Waals surface area contributed by atoms with Crippen LogP contribution in [0.3, 0.4) is 0 Å². The van der Waals surface area contributed by atoms with E-state index >= 15 is 0 Å². The lowest BCUT2D eigenvalue weighted by atomic mass is 9.85. The number of piperazine rings is 1. The Morgan fingerprint density at radius 1 is 1.00 bits per heavy atom. The molecule has 1 aliphatic heterocycles. The molecule has 4 heteroatoms. The average molecular weight is 251 g/mol. The van der Waals surface area contributed by atoms with E-state index in [1.807, 2.05) is 0 Å². The molecule has 1 saturated heterocycles. The number of hydrogen-bond acceptors (Lipinski definition) is 3. The zero-order chi connectivity index (χ0) is 12.4. The topological polar surface area (TPSA) is 35.6 Å². The maximum Gasteiger partial charge on any atom is 0.234 e. The average Bonchev–Trinajstić information content (AvgIpc) is 3.09. The van der Waals surface area contributed by atoms with E-state index in [4.69, 9.17) is 0 Å². The molecule has 0 aromatic carbocycles. The SMILES string of the molecule is O=C(CN1CCN(CC2CCC2)CC1)NC1CC1. The number of nitrogens with zero attached hydrogens (tertiary/aromatic N) is 2. The van der Waals surface area contributed by atoms with Crippen molar-refractivity contribution in [2.45, 2.75) is 38.1 Å². The summed E-state index contributed by atoms with van der Waals surface area (Å²) >= 11 is 0. The Morgan fingerprint density at radius 2 is 1.67 bits per heavy atom. The highest BCUT2D eigenvalue weighted by molar-refractivity contribution is 5.78. The van der Waals surface area contributed by atoms with Crippen LogP contribution >= 0.6 is 0 Å². The summed E-state index contributed by atoms with van der Waals surface area (Å²) in [4.78, 5) is 16.6. The van der Waals surface area contributed by atoms with Crippen LogP contribution in [0.4, 0.5) is 0 Å². The van der Waals surface area contributed by atoms with Gasteiger partial charge in [0.2, 0.25) is 5.91 Å². The van der Waals surface area contributed by atoms with E-state index in [1.54, 1.807) is 0 Å². The van der Waals surface area contributed by atoms with Crippen LogP contribution in [0, 0.1) is 5.92 Å². The van der Waals surface area contributed by atoms with Gasteiger partial charge in [-0.3, -0.25) is 9.69 Å². The Balaban J connectivity index is 1.32. The predicted molar refractivity (Wildman–Crippen MR) is 71.4 cm³/mol. The molecule has 1 amide bonds. The largest absolute Gasteiger partial charge is 0.352 e. The van der Waals surface area contributed by atoms with Crippen molar-refractivity contribution in [2.75, 3.05) is 39.3 Å². The third kappa shape index (κ3) is 3.45. The van der Waals surface area contributed by atoms with Crippen molar-refractivity contribution in [3.8, 4) is 0 Å². The van der Waals surface area contributed by atoms with E-state index in [9.17, 15) is 4.79 Å². The van der Waals surface area contributed by atoms with Crippen molar-refractivity contribution in [1.82, 2.24) is 15.1 Å². The molecule has 0 unspecified atom stereocenters. The highest BCUT2D eigenvalue weighted by Crippen LogP contribution is 2.27. The summed E-state index contributed by atoms with van der Waals surface area (Å²) in [5.74, 6) is 1.19. The molecule has 0 atom stereocenters. The van der Waals surface area contributed by atoms with Gasteiger partial charge in [-0.25, -0.2) is 0 Å². The third-order valence-electron chi connectivity index (χ3n) is 4.52. The van der Waals surface area contributed by atoms with Crippen LogP contribution in [-0.2, 0) is 4.79 Å². The van der Waals surface area contributed by atoms with Gasteiger partial charge in [0.1, 0.15) is 0 Å². The fourth-order valence-electron chi connectivity index (χ4n) is 2.87. The van der Waals surface area contributed by atoms with Crippen LogP contribution in [0.1, 0.15) is 32.1 Å². The van der Waals surface area contributed by atoms with E-state index in [-0.39, 0.29) is 5.91 Å². The second-order valence-electron chi connectivity index (χ2n) is 6.22. The molecule has 2 saturated carbocycles. The van der Waals surface area contributed by atoms with E-state index in [2.05, 4.69) is 15.1 Å². The lowest BCUT2D eigenvalue weighted by Gasteiger charge is -2.38. The molecule has 4 nitrogen and oxygen atoms in total. The molecule has 0 radical (unpaired) electrons. The van der Waals surface area contributed by atoms with Gasteiger partial charge < -0.3 is 10.2 Å². The monoisotopic (exact) mass is 251 g/mol. The molecule has 0 aromatic rings. The summed E-state index contributed by atoms with van der Waals surface area (Å²) in [7, 11) is 0. The fraction of sp³-hybridized carbons (Fsp3) is 0.929. The standard InChI is InChI=1S/C14H25N3O/c18-14(15-13-4-5-13)11-17-8-6-16(7-9-17)10-12-2-1-3-12/h12-13H,1-11H2,(H,15,18). The number of carbonyl (C=O) groups is 1. The van der Waals surface area contributed by atoms with Gasteiger partial charge in [0.25, 0.3) is 0 Å². The summed E-state index contributed by atoms with van der Waals surface area (Å²) in [6.07, 6.45) is 6.67. The van der Waals surface area contributed by atoms with E-state index in [1.165, 1.54) is 38.6 Å². The van der Waals surface area contributed by atoms with Gasteiger partial charge in [-0.2, -0.15) is 0 Å². The lowest BCUT2D eigenvalue weighted by Crippen LogP contribution is -2.50. The van der Waals surface area contributed by atoms with E-state index in [0.717, 1.165) is 32.1 Å². The molecule has 3 rings (SSSR count). The Kier molecular flexibility index (Phi) is 3.85. The number of amides is 1. The number of rotatable bonds is 5. The third-order valence-corrected chi connectivity index (χ3v) is 4.52. The van der Waals surface area contributed by atoms with E-state index in [0.29, 0.717) is 12.6 Å². The zero-order valence-corrected chi connectivity index (χ0v) is 11.2. The van der Waals surface area contributed by atoms with Crippen LogP contribution in [0.5, 0.6) is 0 Å². The first-order valence-corrected chi connectivity index (χ1v) is 7.53. The Bertz CT molecular complexity index is 291. The molecule has 0 bridgehead atoms. The predicted octanol–water partition coefficient (Wildman–Crippen LogP) is 0.683. The molecule has 0 aromatic heterocycles. The van der Waals surface area contributed by atoms with Crippen molar-refractivity contribution in [3.05, 3.63) is 0 Å². The molecule has 0 spiro atoms. The molecule has 1 N–H and O–H groups in total. The zero-order valence-electron chi connectivity index (χ0n) is 11.2. The minimum Gasteiger partial charge on any atom is -0.352 e. The highest BCUT2D eigenvalue weighted by atomic mass is 16.2. The Hall–Kier alpha value is -0.610. The molecule has 3 fully saturated rings. The second kappa shape index (κ2) is 5.57. The highest BCUT2D eigenvalue weighted by Gasteiger charge is 2.26. The van der Waals surface area contributed by atoms with Crippen molar-refractivity contribution in [2.24, 2.45) is 5.92 Å². The van der Waals surface area contributed by atoms with Gasteiger partial charge in [0.05, 0.1) is 6.54 Å².